The highest BCUT2D eigenvalue weighted by atomic mass is 19.1. The van der Waals surface area contributed by atoms with Crippen molar-refractivity contribution in [2.75, 3.05) is 5.73 Å². The van der Waals surface area contributed by atoms with Gasteiger partial charge in [0.25, 0.3) is 0 Å². The summed E-state index contributed by atoms with van der Waals surface area (Å²) in [6, 6.07) is 7.28. The lowest BCUT2D eigenvalue weighted by Gasteiger charge is -2.07. The van der Waals surface area contributed by atoms with Crippen molar-refractivity contribution >= 4 is 17.6 Å². The number of aromatic carboxylic acids is 2. The minimum atomic E-state index is -1.27. The van der Waals surface area contributed by atoms with Gasteiger partial charge in [-0.3, -0.25) is 0 Å². The van der Waals surface area contributed by atoms with E-state index >= 15 is 0 Å². The number of hydrogen-bond acceptors (Lipinski definition) is 3. The number of carboxylic acids is 2. The van der Waals surface area contributed by atoms with Gasteiger partial charge in [0, 0.05) is 5.69 Å². The molecule has 0 fully saturated rings. The first kappa shape index (κ1) is 13.5. The summed E-state index contributed by atoms with van der Waals surface area (Å²) in [6.45, 7) is 0. The molecule has 0 atom stereocenters. The normalized spacial score (nSPS) is 10.2. The van der Waals surface area contributed by atoms with Crippen LogP contribution in [0.3, 0.4) is 0 Å². The third-order valence-corrected chi connectivity index (χ3v) is 2.68. The molecule has 5 nitrogen and oxygen atoms in total. The van der Waals surface area contributed by atoms with Crippen LogP contribution in [0.25, 0.3) is 11.1 Å². The molecule has 0 unspecified atom stereocenters. The maximum atomic E-state index is 13.4. The van der Waals surface area contributed by atoms with Gasteiger partial charge in [-0.2, -0.15) is 0 Å². The lowest BCUT2D eigenvalue weighted by Crippen LogP contribution is -2.00. The monoisotopic (exact) mass is 275 g/mol. The maximum absolute atomic E-state index is 13.4. The summed E-state index contributed by atoms with van der Waals surface area (Å²) in [5.74, 6) is -3.17. The van der Waals surface area contributed by atoms with Gasteiger partial charge in [-0.25, -0.2) is 14.0 Å². The summed E-state index contributed by atoms with van der Waals surface area (Å²) < 4.78 is 13.4. The first-order valence-electron chi connectivity index (χ1n) is 5.55. The fourth-order valence-electron chi connectivity index (χ4n) is 1.82. The SMILES string of the molecule is Nc1cc(C(=O)O)cc(-c2cc(F)cc(C(=O)O)c2)c1. The molecular weight excluding hydrogens is 265 g/mol. The Kier molecular flexibility index (Phi) is 3.39. The molecule has 4 N–H and O–H groups in total. The average Bonchev–Trinajstić information content (AvgIpc) is 2.37. The molecule has 0 aliphatic carbocycles. The van der Waals surface area contributed by atoms with E-state index in [0.717, 1.165) is 12.1 Å². The topological polar surface area (TPSA) is 101 Å². The predicted molar refractivity (Wildman–Crippen MR) is 70.2 cm³/mol. The molecule has 6 heteroatoms. The van der Waals surface area contributed by atoms with Gasteiger partial charge in [0.15, 0.2) is 0 Å². The van der Waals surface area contributed by atoms with Crippen LogP contribution < -0.4 is 5.73 Å². The molecule has 102 valence electrons. The Labute approximate surface area is 113 Å². The summed E-state index contributed by atoms with van der Waals surface area (Å²) in [5, 5.41) is 17.8. The molecule has 0 bridgehead atoms. The first-order chi connectivity index (χ1) is 9.36. The van der Waals surface area contributed by atoms with Crippen LogP contribution in [-0.2, 0) is 0 Å². The van der Waals surface area contributed by atoms with Gasteiger partial charge < -0.3 is 15.9 Å². The molecular formula is C14H10FNO4. The van der Waals surface area contributed by atoms with Gasteiger partial charge in [0.1, 0.15) is 5.82 Å². The number of anilines is 1. The van der Waals surface area contributed by atoms with Crippen molar-refractivity contribution in [2.24, 2.45) is 0 Å². The number of benzene rings is 2. The Morgan fingerprint density at radius 3 is 1.90 bits per heavy atom. The summed E-state index contributed by atoms with van der Waals surface area (Å²) in [5.41, 5.74) is 6.10. The fraction of sp³-hybridized carbons (Fsp3) is 0. The van der Waals surface area contributed by atoms with E-state index in [1.54, 1.807) is 0 Å². The van der Waals surface area contributed by atoms with E-state index in [0.29, 0.717) is 5.56 Å². The molecule has 0 radical (unpaired) electrons. The van der Waals surface area contributed by atoms with Crippen LogP contribution in [0.1, 0.15) is 20.7 Å². The van der Waals surface area contributed by atoms with Crippen LogP contribution in [0.5, 0.6) is 0 Å². The largest absolute Gasteiger partial charge is 0.478 e. The number of hydrogen-bond donors (Lipinski definition) is 3. The molecule has 0 spiro atoms. The van der Waals surface area contributed by atoms with Crippen LogP contribution in [0.15, 0.2) is 36.4 Å². The summed E-state index contributed by atoms with van der Waals surface area (Å²) in [7, 11) is 0. The van der Waals surface area contributed by atoms with E-state index in [9.17, 15) is 14.0 Å². The lowest BCUT2D eigenvalue weighted by atomic mass is 10.00. The van der Waals surface area contributed by atoms with Crippen LogP contribution in [0, 0.1) is 5.82 Å². The summed E-state index contributed by atoms with van der Waals surface area (Å²) >= 11 is 0. The number of nitrogens with two attached hydrogens (primary N) is 1. The molecule has 0 amide bonds. The zero-order valence-electron chi connectivity index (χ0n) is 10.1. The van der Waals surface area contributed by atoms with Crippen LogP contribution in [0.2, 0.25) is 0 Å². The van der Waals surface area contributed by atoms with Crippen molar-refractivity contribution in [2.45, 2.75) is 0 Å². The van der Waals surface area contributed by atoms with Gasteiger partial charge in [-0.15, -0.1) is 0 Å². The second kappa shape index (κ2) is 5.00. The van der Waals surface area contributed by atoms with Crippen molar-refractivity contribution in [3.8, 4) is 11.1 Å². The number of carbonyl (C=O) groups is 2. The lowest BCUT2D eigenvalue weighted by molar-refractivity contribution is 0.0685. The van der Waals surface area contributed by atoms with E-state index < -0.39 is 17.8 Å². The number of rotatable bonds is 3. The molecule has 0 heterocycles. The van der Waals surface area contributed by atoms with Gasteiger partial charge >= 0.3 is 11.9 Å². The quantitative estimate of drug-likeness (QED) is 0.747. The highest BCUT2D eigenvalue weighted by Crippen LogP contribution is 2.25. The zero-order valence-corrected chi connectivity index (χ0v) is 10.1. The first-order valence-corrected chi connectivity index (χ1v) is 5.55. The van der Waals surface area contributed by atoms with Crippen molar-refractivity contribution in [3.05, 3.63) is 53.3 Å². The highest BCUT2D eigenvalue weighted by molar-refractivity contribution is 5.92. The maximum Gasteiger partial charge on any atom is 0.335 e. The fourth-order valence-corrected chi connectivity index (χ4v) is 1.82. The van der Waals surface area contributed by atoms with Crippen molar-refractivity contribution in [3.63, 3.8) is 0 Å². The Morgan fingerprint density at radius 1 is 0.850 bits per heavy atom. The molecule has 0 aliphatic heterocycles. The third-order valence-electron chi connectivity index (χ3n) is 2.68. The van der Waals surface area contributed by atoms with E-state index in [4.69, 9.17) is 15.9 Å². The van der Waals surface area contributed by atoms with Crippen molar-refractivity contribution in [1.82, 2.24) is 0 Å². The van der Waals surface area contributed by atoms with Gasteiger partial charge in [0.2, 0.25) is 0 Å². The number of halogens is 1. The minimum absolute atomic E-state index is 0.0545. The molecule has 2 aromatic rings. The molecule has 2 aromatic carbocycles. The van der Waals surface area contributed by atoms with Crippen molar-refractivity contribution < 1.29 is 24.2 Å². The van der Waals surface area contributed by atoms with E-state index in [2.05, 4.69) is 0 Å². The molecule has 20 heavy (non-hydrogen) atoms. The molecule has 0 saturated carbocycles. The average molecular weight is 275 g/mol. The number of carboxylic acid groups (broad SMARTS) is 2. The standard InChI is InChI=1S/C14H10FNO4/c15-11-3-7(1-9(4-11)13(17)18)8-2-10(14(19)20)6-12(16)5-8/h1-6H,16H2,(H,17,18)(H,19,20). The molecule has 2 rings (SSSR count). The Balaban J connectivity index is 2.62. The van der Waals surface area contributed by atoms with Gasteiger partial charge in [-0.1, -0.05) is 0 Å². The highest BCUT2D eigenvalue weighted by Gasteiger charge is 2.11. The van der Waals surface area contributed by atoms with Crippen LogP contribution in [0.4, 0.5) is 10.1 Å². The number of nitrogen functional groups attached to an aromatic ring is 1. The molecule has 0 aromatic heterocycles. The summed E-state index contributed by atoms with van der Waals surface area (Å²) in [4.78, 5) is 21.8. The smallest absolute Gasteiger partial charge is 0.335 e. The van der Waals surface area contributed by atoms with Crippen LogP contribution in [-0.4, -0.2) is 22.2 Å². The Bertz CT molecular complexity index is 651. The van der Waals surface area contributed by atoms with Gasteiger partial charge in [0.05, 0.1) is 11.1 Å². The van der Waals surface area contributed by atoms with Crippen LogP contribution >= 0.6 is 0 Å². The van der Waals surface area contributed by atoms with E-state index in [1.165, 1.54) is 24.3 Å². The van der Waals surface area contributed by atoms with E-state index in [1.807, 2.05) is 0 Å². The molecule has 0 aliphatic rings. The molecule has 0 saturated heterocycles. The zero-order chi connectivity index (χ0) is 14.9. The minimum Gasteiger partial charge on any atom is -0.478 e. The van der Waals surface area contributed by atoms with Gasteiger partial charge in [-0.05, 0) is 47.5 Å². The third kappa shape index (κ3) is 2.74. The second-order valence-electron chi connectivity index (χ2n) is 4.18. The summed E-state index contributed by atoms with van der Waals surface area (Å²) in [6.07, 6.45) is 0. The Hall–Kier alpha value is -2.89. The Morgan fingerprint density at radius 2 is 1.35 bits per heavy atom. The predicted octanol–water partition coefficient (Wildman–Crippen LogP) is 2.47. The van der Waals surface area contributed by atoms with Crippen molar-refractivity contribution in [1.29, 1.82) is 0 Å². The second-order valence-corrected chi connectivity index (χ2v) is 4.18. The van der Waals surface area contributed by atoms with E-state index in [-0.39, 0.29) is 22.4 Å².